The van der Waals surface area contributed by atoms with E-state index in [0.717, 1.165) is 0 Å². The van der Waals surface area contributed by atoms with Crippen molar-refractivity contribution in [1.82, 2.24) is 15.4 Å². The van der Waals surface area contributed by atoms with E-state index in [4.69, 9.17) is 10.2 Å². The topological polar surface area (TPSA) is 162 Å². The van der Waals surface area contributed by atoms with Crippen LogP contribution in [0.5, 0.6) is 0 Å². The summed E-state index contributed by atoms with van der Waals surface area (Å²) >= 11 is 0. The molecular formula is C10H19N3O7S. The first-order chi connectivity index (χ1) is 9.68. The molecule has 0 aliphatic rings. The largest absolute Gasteiger partial charge is 0.481 e. The van der Waals surface area contributed by atoms with Crippen LogP contribution >= 0.6 is 0 Å². The SMILES string of the molecule is CCNS(=O)(=O)CCNC(=O)NC(CCC(=O)O)C(=O)O. The molecule has 0 aromatic heterocycles. The van der Waals surface area contributed by atoms with Gasteiger partial charge in [0.1, 0.15) is 6.04 Å². The fourth-order valence-electron chi connectivity index (χ4n) is 1.33. The fourth-order valence-corrected chi connectivity index (χ4v) is 2.28. The molecule has 0 spiro atoms. The summed E-state index contributed by atoms with van der Waals surface area (Å²) in [7, 11) is -3.48. The average Bonchev–Trinajstić information content (AvgIpc) is 2.33. The Labute approximate surface area is 122 Å². The fraction of sp³-hybridized carbons (Fsp3) is 0.700. The van der Waals surface area contributed by atoms with Gasteiger partial charge >= 0.3 is 18.0 Å². The van der Waals surface area contributed by atoms with Crippen molar-refractivity contribution in [2.75, 3.05) is 18.8 Å². The molecule has 0 aliphatic carbocycles. The molecule has 2 amide bonds. The Morgan fingerprint density at radius 2 is 1.81 bits per heavy atom. The standard InChI is InChI=1S/C10H19N3O7S/c1-2-12-21(19,20)6-5-11-10(18)13-7(9(16)17)3-4-8(14)15/h7,12H,2-6H2,1H3,(H,14,15)(H,16,17)(H2,11,13,18). The number of carbonyl (C=O) groups is 3. The van der Waals surface area contributed by atoms with E-state index < -0.39 is 40.5 Å². The average molecular weight is 325 g/mol. The van der Waals surface area contributed by atoms with E-state index in [-0.39, 0.29) is 25.3 Å². The summed E-state index contributed by atoms with van der Waals surface area (Å²) in [5.41, 5.74) is 0. The normalized spacial score (nSPS) is 12.4. The molecule has 0 rings (SSSR count). The lowest BCUT2D eigenvalue weighted by atomic mass is 10.1. The van der Waals surface area contributed by atoms with Crippen LogP contribution in [-0.4, -0.2) is 61.5 Å². The summed E-state index contributed by atoms with van der Waals surface area (Å²) < 4.78 is 24.8. The molecule has 0 fully saturated rings. The molecule has 10 nitrogen and oxygen atoms in total. The van der Waals surface area contributed by atoms with Crippen LogP contribution in [0.15, 0.2) is 0 Å². The second-order valence-electron chi connectivity index (χ2n) is 4.04. The zero-order chi connectivity index (χ0) is 16.5. The first-order valence-corrected chi connectivity index (χ1v) is 7.79. The van der Waals surface area contributed by atoms with Crippen molar-refractivity contribution in [2.45, 2.75) is 25.8 Å². The number of hydrogen-bond donors (Lipinski definition) is 5. The molecule has 5 N–H and O–H groups in total. The lowest BCUT2D eigenvalue weighted by Crippen LogP contribution is -2.47. The van der Waals surface area contributed by atoms with Crippen molar-refractivity contribution >= 4 is 28.0 Å². The molecule has 11 heteroatoms. The first kappa shape index (κ1) is 19.1. The Morgan fingerprint density at radius 1 is 1.19 bits per heavy atom. The molecule has 0 heterocycles. The maximum atomic E-state index is 11.4. The van der Waals surface area contributed by atoms with Gasteiger partial charge in [-0.05, 0) is 6.42 Å². The summed E-state index contributed by atoms with van der Waals surface area (Å²) in [6.45, 7) is 1.63. The summed E-state index contributed by atoms with van der Waals surface area (Å²) in [6.07, 6.45) is -0.681. The monoisotopic (exact) mass is 325 g/mol. The van der Waals surface area contributed by atoms with Gasteiger partial charge in [-0.1, -0.05) is 6.92 Å². The highest BCUT2D eigenvalue weighted by atomic mass is 32.2. The lowest BCUT2D eigenvalue weighted by molar-refractivity contribution is -0.140. The molecule has 21 heavy (non-hydrogen) atoms. The van der Waals surface area contributed by atoms with E-state index in [9.17, 15) is 22.8 Å². The van der Waals surface area contributed by atoms with Crippen molar-refractivity contribution in [1.29, 1.82) is 0 Å². The van der Waals surface area contributed by atoms with E-state index in [1.165, 1.54) is 0 Å². The van der Waals surface area contributed by atoms with E-state index in [0.29, 0.717) is 0 Å². The Morgan fingerprint density at radius 3 is 2.29 bits per heavy atom. The number of sulfonamides is 1. The van der Waals surface area contributed by atoms with Crippen LogP contribution in [0.3, 0.4) is 0 Å². The van der Waals surface area contributed by atoms with Crippen molar-refractivity contribution in [2.24, 2.45) is 0 Å². The number of nitrogens with one attached hydrogen (secondary N) is 3. The highest BCUT2D eigenvalue weighted by molar-refractivity contribution is 7.89. The second-order valence-corrected chi connectivity index (χ2v) is 5.97. The Kier molecular flexibility index (Phi) is 8.31. The highest BCUT2D eigenvalue weighted by Gasteiger charge is 2.21. The van der Waals surface area contributed by atoms with Crippen LogP contribution in [0.1, 0.15) is 19.8 Å². The second kappa shape index (κ2) is 9.13. The van der Waals surface area contributed by atoms with E-state index in [1.807, 2.05) is 0 Å². The number of carboxylic acid groups (broad SMARTS) is 2. The molecular weight excluding hydrogens is 306 g/mol. The van der Waals surface area contributed by atoms with Gasteiger partial charge in [0.15, 0.2) is 0 Å². The summed E-state index contributed by atoms with van der Waals surface area (Å²) in [4.78, 5) is 32.6. The Bertz CT molecular complexity index is 477. The third-order valence-electron chi connectivity index (χ3n) is 2.27. The van der Waals surface area contributed by atoms with Gasteiger partial charge < -0.3 is 20.8 Å². The zero-order valence-electron chi connectivity index (χ0n) is 11.5. The zero-order valence-corrected chi connectivity index (χ0v) is 12.3. The third kappa shape index (κ3) is 9.62. The highest BCUT2D eigenvalue weighted by Crippen LogP contribution is 1.97. The number of amides is 2. The van der Waals surface area contributed by atoms with Crippen LogP contribution in [0.25, 0.3) is 0 Å². The van der Waals surface area contributed by atoms with Crippen molar-refractivity contribution in [3.63, 3.8) is 0 Å². The number of aliphatic carboxylic acids is 2. The Hall–Kier alpha value is -1.88. The molecule has 1 atom stereocenters. The summed E-state index contributed by atoms with van der Waals surface area (Å²) in [6, 6.07) is -2.23. The molecule has 0 saturated heterocycles. The minimum atomic E-state index is -3.48. The molecule has 0 aliphatic heterocycles. The molecule has 0 radical (unpaired) electrons. The number of carboxylic acids is 2. The predicted molar refractivity (Wildman–Crippen MR) is 72.3 cm³/mol. The summed E-state index contributed by atoms with van der Waals surface area (Å²) in [5, 5.41) is 21.5. The van der Waals surface area contributed by atoms with Gasteiger partial charge in [0.25, 0.3) is 0 Å². The smallest absolute Gasteiger partial charge is 0.326 e. The molecule has 0 aromatic carbocycles. The first-order valence-electron chi connectivity index (χ1n) is 6.14. The van der Waals surface area contributed by atoms with Gasteiger partial charge in [0.05, 0.1) is 5.75 Å². The molecule has 0 bridgehead atoms. The van der Waals surface area contributed by atoms with Gasteiger partial charge in [-0.3, -0.25) is 4.79 Å². The van der Waals surface area contributed by atoms with Gasteiger partial charge in [-0.15, -0.1) is 0 Å². The molecule has 1 unspecified atom stereocenters. The van der Waals surface area contributed by atoms with Gasteiger partial charge in [0.2, 0.25) is 10.0 Å². The number of hydrogen-bond acceptors (Lipinski definition) is 5. The minimum absolute atomic E-state index is 0.202. The van der Waals surface area contributed by atoms with E-state index in [1.54, 1.807) is 6.92 Å². The molecule has 0 aromatic rings. The quantitative estimate of drug-likeness (QED) is 0.328. The van der Waals surface area contributed by atoms with Crippen LogP contribution in [-0.2, 0) is 19.6 Å². The molecule has 122 valence electrons. The maximum Gasteiger partial charge on any atom is 0.326 e. The van der Waals surface area contributed by atoms with E-state index >= 15 is 0 Å². The van der Waals surface area contributed by atoms with Gasteiger partial charge in [-0.2, -0.15) is 0 Å². The Balaban J connectivity index is 4.21. The van der Waals surface area contributed by atoms with Crippen molar-refractivity contribution in [3.8, 4) is 0 Å². The predicted octanol–water partition coefficient (Wildman–Crippen LogP) is -1.46. The van der Waals surface area contributed by atoms with Crippen molar-refractivity contribution in [3.05, 3.63) is 0 Å². The summed E-state index contributed by atoms with van der Waals surface area (Å²) in [5.74, 6) is -2.90. The van der Waals surface area contributed by atoms with Crippen LogP contribution in [0.2, 0.25) is 0 Å². The minimum Gasteiger partial charge on any atom is -0.481 e. The van der Waals surface area contributed by atoms with Gasteiger partial charge in [0, 0.05) is 19.5 Å². The molecule has 0 saturated carbocycles. The van der Waals surface area contributed by atoms with Crippen LogP contribution < -0.4 is 15.4 Å². The third-order valence-corrected chi connectivity index (χ3v) is 3.74. The number of carbonyl (C=O) groups excluding carboxylic acids is 1. The van der Waals surface area contributed by atoms with E-state index in [2.05, 4.69) is 15.4 Å². The van der Waals surface area contributed by atoms with Crippen LogP contribution in [0.4, 0.5) is 4.79 Å². The number of urea groups is 1. The maximum absolute atomic E-state index is 11.4. The van der Waals surface area contributed by atoms with Crippen LogP contribution in [0, 0.1) is 0 Å². The van der Waals surface area contributed by atoms with Crippen molar-refractivity contribution < 1.29 is 33.0 Å². The lowest BCUT2D eigenvalue weighted by Gasteiger charge is -2.14. The van der Waals surface area contributed by atoms with Gasteiger partial charge in [-0.25, -0.2) is 22.7 Å². The number of rotatable bonds is 10.